The number of nitro groups is 1. The van der Waals surface area contributed by atoms with Gasteiger partial charge in [0.1, 0.15) is 5.69 Å². The van der Waals surface area contributed by atoms with Crippen LogP contribution in [-0.4, -0.2) is 19.9 Å². The summed E-state index contributed by atoms with van der Waals surface area (Å²) in [6.07, 6.45) is 0.782. The predicted molar refractivity (Wildman–Crippen MR) is 81.6 cm³/mol. The average Bonchev–Trinajstić information content (AvgIpc) is 2.89. The topological polar surface area (TPSA) is 107 Å². The number of sulfonamides is 1. The van der Waals surface area contributed by atoms with Crippen LogP contribution in [0.5, 0.6) is 0 Å². The lowest BCUT2D eigenvalue weighted by Crippen LogP contribution is -2.17. The van der Waals surface area contributed by atoms with Crippen molar-refractivity contribution in [2.75, 3.05) is 11.4 Å². The van der Waals surface area contributed by atoms with Crippen LogP contribution in [0, 0.1) is 10.1 Å². The van der Waals surface area contributed by atoms with E-state index in [9.17, 15) is 18.5 Å². The minimum absolute atomic E-state index is 0.268. The molecule has 3 rings (SSSR count). The number of hydrogen-bond acceptors (Lipinski definition) is 5. The highest BCUT2D eigenvalue weighted by Gasteiger charge is 2.27. The second-order valence-corrected chi connectivity index (χ2v) is 6.54. The Balaban J connectivity index is 2.15. The monoisotopic (exact) mass is 319 g/mol. The summed E-state index contributed by atoms with van der Waals surface area (Å²) in [6.45, 7) is 0.606. The van der Waals surface area contributed by atoms with Crippen LogP contribution < -0.4 is 10.0 Å². The van der Waals surface area contributed by atoms with Crippen molar-refractivity contribution in [1.82, 2.24) is 0 Å². The van der Waals surface area contributed by atoms with Gasteiger partial charge in [0, 0.05) is 18.3 Å². The fourth-order valence-electron chi connectivity index (χ4n) is 2.64. The van der Waals surface area contributed by atoms with Crippen LogP contribution in [0.3, 0.4) is 0 Å². The summed E-state index contributed by atoms with van der Waals surface area (Å²) in [7, 11) is -3.98. The third-order valence-electron chi connectivity index (χ3n) is 3.65. The van der Waals surface area contributed by atoms with Gasteiger partial charge in [-0.25, -0.2) is 13.6 Å². The third-order valence-corrected chi connectivity index (χ3v) is 4.56. The molecule has 0 aliphatic carbocycles. The van der Waals surface area contributed by atoms with Gasteiger partial charge in [0.05, 0.1) is 9.82 Å². The maximum atomic E-state index is 11.4. The second kappa shape index (κ2) is 5.08. The van der Waals surface area contributed by atoms with E-state index < -0.39 is 14.9 Å². The highest BCUT2D eigenvalue weighted by Crippen LogP contribution is 2.39. The minimum Gasteiger partial charge on any atom is -0.335 e. The number of para-hydroxylation sites is 1. The number of nitrogens with two attached hydrogens (primary N) is 1. The van der Waals surface area contributed by atoms with Gasteiger partial charge in [0.25, 0.3) is 5.69 Å². The molecule has 22 heavy (non-hydrogen) atoms. The lowest BCUT2D eigenvalue weighted by atomic mass is 10.2. The normalized spacial score (nSPS) is 14.0. The van der Waals surface area contributed by atoms with Crippen LogP contribution >= 0.6 is 0 Å². The molecule has 1 aliphatic rings. The molecule has 0 fully saturated rings. The van der Waals surface area contributed by atoms with Crippen molar-refractivity contribution in [2.24, 2.45) is 5.14 Å². The lowest BCUT2D eigenvalue weighted by Gasteiger charge is -2.19. The molecule has 8 heteroatoms. The van der Waals surface area contributed by atoms with E-state index in [4.69, 9.17) is 5.14 Å². The minimum atomic E-state index is -3.98. The first-order valence-corrected chi connectivity index (χ1v) is 8.09. The summed E-state index contributed by atoms with van der Waals surface area (Å²) in [5.74, 6) is 0. The zero-order valence-corrected chi connectivity index (χ0v) is 12.3. The van der Waals surface area contributed by atoms with Gasteiger partial charge < -0.3 is 4.90 Å². The van der Waals surface area contributed by atoms with Crippen molar-refractivity contribution in [3.05, 3.63) is 58.1 Å². The summed E-state index contributed by atoms with van der Waals surface area (Å²) in [6, 6.07) is 11.4. The van der Waals surface area contributed by atoms with Crippen molar-refractivity contribution in [3.8, 4) is 0 Å². The van der Waals surface area contributed by atoms with Crippen LogP contribution in [0.1, 0.15) is 5.56 Å². The molecule has 114 valence electrons. The molecule has 0 bridgehead atoms. The highest BCUT2D eigenvalue weighted by atomic mass is 32.2. The van der Waals surface area contributed by atoms with Gasteiger partial charge in [0.15, 0.2) is 0 Å². The second-order valence-electron chi connectivity index (χ2n) is 4.98. The number of nitrogens with zero attached hydrogens (tertiary/aromatic N) is 2. The number of hydrogen-bond donors (Lipinski definition) is 1. The Morgan fingerprint density at radius 2 is 1.86 bits per heavy atom. The van der Waals surface area contributed by atoms with Gasteiger partial charge >= 0.3 is 0 Å². The van der Waals surface area contributed by atoms with Gasteiger partial charge in [-0.2, -0.15) is 0 Å². The summed E-state index contributed by atoms with van der Waals surface area (Å²) in [5, 5.41) is 16.4. The smallest absolute Gasteiger partial charge is 0.294 e. The number of anilines is 2. The maximum Gasteiger partial charge on any atom is 0.294 e. The van der Waals surface area contributed by atoms with Gasteiger partial charge in [0.2, 0.25) is 10.0 Å². The van der Waals surface area contributed by atoms with Crippen LogP contribution in [0.2, 0.25) is 0 Å². The molecule has 0 saturated carbocycles. The van der Waals surface area contributed by atoms with E-state index in [1.165, 1.54) is 12.1 Å². The molecular weight excluding hydrogens is 306 g/mol. The molecule has 0 radical (unpaired) electrons. The quantitative estimate of drug-likeness (QED) is 0.687. The molecule has 7 nitrogen and oxygen atoms in total. The highest BCUT2D eigenvalue weighted by molar-refractivity contribution is 7.89. The summed E-state index contributed by atoms with van der Waals surface area (Å²) in [4.78, 5) is 12.3. The largest absolute Gasteiger partial charge is 0.335 e. The molecule has 2 aromatic rings. The Bertz CT molecular complexity index is 864. The van der Waals surface area contributed by atoms with E-state index in [1.54, 1.807) is 0 Å². The molecule has 0 aromatic heterocycles. The van der Waals surface area contributed by atoms with Crippen molar-refractivity contribution >= 4 is 27.1 Å². The Hall–Kier alpha value is -2.45. The van der Waals surface area contributed by atoms with Gasteiger partial charge in [-0.1, -0.05) is 18.2 Å². The zero-order chi connectivity index (χ0) is 15.9. The van der Waals surface area contributed by atoms with E-state index in [-0.39, 0.29) is 10.6 Å². The van der Waals surface area contributed by atoms with Crippen LogP contribution in [0.15, 0.2) is 47.4 Å². The standard InChI is InChI=1S/C14H13N3O4S/c15-22(20,21)11-5-6-13(14(9-11)17(18)19)16-8-7-10-3-1-2-4-12(10)16/h1-6,9H,7-8H2,(H2,15,20,21). The molecule has 0 saturated heterocycles. The Morgan fingerprint density at radius 1 is 1.14 bits per heavy atom. The third kappa shape index (κ3) is 2.42. The number of nitro benzene ring substituents is 1. The van der Waals surface area contributed by atoms with Crippen molar-refractivity contribution < 1.29 is 13.3 Å². The fraction of sp³-hybridized carbons (Fsp3) is 0.143. The molecular formula is C14H13N3O4S. The van der Waals surface area contributed by atoms with Crippen LogP contribution in [0.25, 0.3) is 0 Å². The first-order valence-electron chi connectivity index (χ1n) is 6.54. The first-order chi connectivity index (χ1) is 10.4. The van der Waals surface area contributed by atoms with Crippen molar-refractivity contribution in [3.63, 3.8) is 0 Å². The van der Waals surface area contributed by atoms with Gasteiger partial charge in [-0.05, 0) is 30.2 Å². The molecule has 1 aliphatic heterocycles. The van der Waals surface area contributed by atoms with E-state index >= 15 is 0 Å². The molecule has 0 spiro atoms. The number of primary sulfonamides is 1. The Labute approximate surface area is 127 Å². The molecule has 0 unspecified atom stereocenters. The summed E-state index contributed by atoms with van der Waals surface area (Å²) in [5.41, 5.74) is 2.09. The summed E-state index contributed by atoms with van der Waals surface area (Å²) < 4.78 is 22.8. The zero-order valence-electron chi connectivity index (χ0n) is 11.5. The molecule has 0 atom stereocenters. The number of fused-ring (bicyclic) bond motifs is 1. The SMILES string of the molecule is NS(=O)(=O)c1ccc(N2CCc3ccccc32)c([N+](=O)[O-])c1. The summed E-state index contributed by atoms with van der Waals surface area (Å²) >= 11 is 0. The Morgan fingerprint density at radius 3 is 2.55 bits per heavy atom. The molecule has 0 amide bonds. The van der Waals surface area contributed by atoms with Gasteiger partial charge in [-0.3, -0.25) is 10.1 Å². The number of rotatable bonds is 3. The van der Waals surface area contributed by atoms with Gasteiger partial charge in [-0.15, -0.1) is 0 Å². The van der Waals surface area contributed by atoms with Crippen molar-refractivity contribution in [1.29, 1.82) is 0 Å². The predicted octanol–water partition coefficient (Wildman–Crippen LogP) is 1.94. The maximum absolute atomic E-state index is 11.4. The van der Waals surface area contributed by atoms with E-state index in [2.05, 4.69) is 0 Å². The van der Waals surface area contributed by atoms with Crippen LogP contribution in [-0.2, 0) is 16.4 Å². The first kappa shape index (κ1) is 14.5. The van der Waals surface area contributed by atoms with E-state index in [0.717, 1.165) is 23.7 Å². The fourth-order valence-corrected chi connectivity index (χ4v) is 3.18. The van der Waals surface area contributed by atoms with E-state index in [0.29, 0.717) is 12.2 Å². The molecule has 2 N–H and O–H groups in total. The average molecular weight is 319 g/mol. The molecule has 1 heterocycles. The van der Waals surface area contributed by atoms with Crippen molar-refractivity contribution in [2.45, 2.75) is 11.3 Å². The molecule has 2 aromatic carbocycles. The van der Waals surface area contributed by atoms with E-state index in [1.807, 2.05) is 29.2 Å². The Kier molecular flexibility index (Phi) is 3.34. The van der Waals surface area contributed by atoms with Crippen LogP contribution in [0.4, 0.5) is 17.1 Å². The lowest BCUT2D eigenvalue weighted by molar-refractivity contribution is -0.384. The number of benzene rings is 2.